The van der Waals surface area contributed by atoms with Gasteiger partial charge in [0.25, 0.3) is 5.91 Å². The summed E-state index contributed by atoms with van der Waals surface area (Å²) >= 11 is 0. The van der Waals surface area contributed by atoms with E-state index in [4.69, 9.17) is 4.74 Å². The largest absolute Gasteiger partial charge is 0.497 e. The highest BCUT2D eigenvalue weighted by Crippen LogP contribution is 2.36. The summed E-state index contributed by atoms with van der Waals surface area (Å²) in [6, 6.07) is 12.9. The van der Waals surface area contributed by atoms with E-state index in [1.54, 1.807) is 55.5 Å². The number of hydrogen-bond acceptors (Lipinski definition) is 6. The van der Waals surface area contributed by atoms with Crippen LogP contribution in [0.15, 0.2) is 48.5 Å². The molecule has 2 atom stereocenters. The molecule has 0 bridgehead atoms. The molecule has 2 fully saturated rings. The smallest absolute Gasteiger partial charge is 0.325 e. The fourth-order valence-corrected chi connectivity index (χ4v) is 4.74. The number of amides is 6. The lowest BCUT2D eigenvalue weighted by molar-refractivity contribution is -0.138. The maximum Gasteiger partial charge on any atom is 0.325 e. The van der Waals surface area contributed by atoms with E-state index >= 15 is 0 Å². The molecule has 2 aromatic carbocycles. The fourth-order valence-electron chi connectivity index (χ4n) is 4.74. The number of rotatable bonds is 7. The number of anilines is 1. The number of imide groups is 2. The number of carbonyl (C=O) groups excluding carboxylic acids is 5. The molecule has 2 saturated heterocycles. The molecule has 10 heteroatoms. The van der Waals surface area contributed by atoms with Crippen LogP contribution in [0.3, 0.4) is 0 Å². The number of nitrogens with zero attached hydrogens (tertiary/aromatic N) is 1. The number of nitrogens with one attached hydrogen (secondary N) is 3. The van der Waals surface area contributed by atoms with Gasteiger partial charge in [0.1, 0.15) is 17.8 Å². The van der Waals surface area contributed by atoms with E-state index in [0.29, 0.717) is 29.8 Å². The molecule has 0 radical (unpaired) electrons. The molecule has 0 saturated carbocycles. The van der Waals surface area contributed by atoms with Gasteiger partial charge in [-0.1, -0.05) is 31.2 Å². The Labute approximate surface area is 208 Å². The lowest BCUT2D eigenvalue weighted by Crippen LogP contribution is -2.51. The highest BCUT2D eigenvalue weighted by atomic mass is 16.5. The standard InChI is InChI=1S/C26H28N4O6/c1-4-26(14-13-20(31)28-22(26)33)17-5-9-18(10-6-17)27-21(32)15-30-23(34)25(2,29-24(30)35)16-7-11-19(36-3)12-8-16/h5-12H,4,13-15H2,1-3H3,(H,27,32)(H,29,35)(H,28,31,33). The van der Waals surface area contributed by atoms with Crippen molar-refractivity contribution in [2.24, 2.45) is 0 Å². The summed E-state index contributed by atoms with van der Waals surface area (Å²) in [6.07, 6.45) is 1.20. The zero-order chi connectivity index (χ0) is 26.1. The zero-order valence-electron chi connectivity index (χ0n) is 20.3. The van der Waals surface area contributed by atoms with E-state index in [-0.39, 0.29) is 18.2 Å². The summed E-state index contributed by atoms with van der Waals surface area (Å²) in [6.45, 7) is 3.02. The average Bonchev–Trinajstić information content (AvgIpc) is 3.09. The van der Waals surface area contributed by atoms with Gasteiger partial charge in [0.2, 0.25) is 17.7 Å². The molecule has 0 aliphatic carbocycles. The second-order valence-corrected chi connectivity index (χ2v) is 9.11. The Morgan fingerprint density at radius 2 is 1.67 bits per heavy atom. The number of urea groups is 1. The Morgan fingerprint density at radius 3 is 2.25 bits per heavy atom. The fraction of sp³-hybridized carbons (Fsp3) is 0.346. The van der Waals surface area contributed by atoms with Crippen LogP contribution in [0.25, 0.3) is 0 Å². The summed E-state index contributed by atoms with van der Waals surface area (Å²) in [5, 5.41) is 7.77. The van der Waals surface area contributed by atoms with Crippen molar-refractivity contribution in [1.82, 2.24) is 15.5 Å². The minimum Gasteiger partial charge on any atom is -0.497 e. The molecular weight excluding hydrogens is 464 g/mol. The predicted octanol–water partition coefficient (Wildman–Crippen LogP) is 2.19. The Balaban J connectivity index is 1.43. The molecular formula is C26H28N4O6. The van der Waals surface area contributed by atoms with Crippen molar-refractivity contribution in [3.63, 3.8) is 0 Å². The number of ether oxygens (including phenoxy) is 1. The van der Waals surface area contributed by atoms with Gasteiger partial charge in [0, 0.05) is 12.1 Å². The van der Waals surface area contributed by atoms with Crippen LogP contribution >= 0.6 is 0 Å². The van der Waals surface area contributed by atoms with Gasteiger partial charge in [0.05, 0.1) is 12.5 Å². The van der Waals surface area contributed by atoms with E-state index in [2.05, 4.69) is 16.0 Å². The van der Waals surface area contributed by atoms with E-state index in [1.807, 2.05) is 6.92 Å². The molecule has 188 valence electrons. The van der Waals surface area contributed by atoms with Gasteiger partial charge in [0.15, 0.2) is 0 Å². The maximum atomic E-state index is 13.1. The van der Waals surface area contributed by atoms with Gasteiger partial charge in [-0.05, 0) is 55.2 Å². The van der Waals surface area contributed by atoms with Crippen LogP contribution in [-0.4, -0.2) is 48.2 Å². The Kier molecular flexibility index (Phi) is 6.53. The Hall–Kier alpha value is -4.21. The van der Waals surface area contributed by atoms with Gasteiger partial charge >= 0.3 is 6.03 Å². The summed E-state index contributed by atoms with van der Waals surface area (Å²) in [5.74, 6) is -1.07. The van der Waals surface area contributed by atoms with Crippen molar-refractivity contribution in [3.05, 3.63) is 59.7 Å². The van der Waals surface area contributed by atoms with Crippen LogP contribution in [0.5, 0.6) is 5.75 Å². The lowest BCUT2D eigenvalue weighted by Gasteiger charge is -2.35. The molecule has 36 heavy (non-hydrogen) atoms. The highest BCUT2D eigenvalue weighted by Gasteiger charge is 2.49. The van der Waals surface area contributed by atoms with E-state index in [1.165, 1.54) is 7.11 Å². The molecule has 2 heterocycles. The van der Waals surface area contributed by atoms with E-state index in [9.17, 15) is 24.0 Å². The summed E-state index contributed by atoms with van der Waals surface area (Å²) in [5.41, 5.74) is -0.340. The summed E-state index contributed by atoms with van der Waals surface area (Å²) < 4.78 is 5.14. The number of methoxy groups -OCH3 is 1. The molecule has 6 amide bonds. The van der Waals surface area contributed by atoms with E-state index in [0.717, 1.165) is 10.5 Å². The maximum absolute atomic E-state index is 13.1. The predicted molar refractivity (Wildman–Crippen MR) is 130 cm³/mol. The molecule has 2 aromatic rings. The normalized spacial score (nSPS) is 23.8. The molecule has 0 aromatic heterocycles. The van der Waals surface area contributed by atoms with Crippen molar-refractivity contribution >= 4 is 35.3 Å². The Morgan fingerprint density at radius 1 is 1.03 bits per heavy atom. The summed E-state index contributed by atoms with van der Waals surface area (Å²) in [4.78, 5) is 63.4. The minimum atomic E-state index is -1.30. The third-order valence-electron chi connectivity index (χ3n) is 7.04. The van der Waals surface area contributed by atoms with Crippen LogP contribution in [0.2, 0.25) is 0 Å². The quantitative estimate of drug-likeness (QED) is 0.401. The second-order valence-electron chi connectivity index (χ2n) is 9.11. The average molecular weight is 493 g/mol. The molecule has 2 aliphatic heterocycles. The summed E-state index contributed by atoms with van der Waals surface area (Å²) in [7, 11) is 1.53. The minimum absolute atomic E-state index is 0.263. The molecule has 2 unspecified atom stereocenters. The Bertz CT molecular complexity index is 1230. The van der Waals surface area contributed by atoms with Crippen molar-refractivity contribution in [2.45, 2.75) is 44.1 Å². The molecule has 2 aliphatic rings. The first-order valence-corrected chi connectivity index (χ1v) is 11.7. The number of benzene rings is 2. The van der Waals surface area contributed by atoms with Gasteiger partial charge in [-0.3, -0.25) is 29.4 Å². The molecule has 10 nitrogen and oxygen atoms in total. The lowest BCUT2D eigenvalue weighted by atomic mass is 9.72. The van der Waals surface area contributed by atoms with Crippen molar-refractivity contribution in [2.75, 3.05) is 19.0 Å². The molecule has 0 spiro atoms. The number of carbonyl (C=O) groups is 5. The zero-order valence-corrected chi connectivity index (χ0v) is 20.3. The second kappa shape index (κ2) is 9.44. The van der Waals surface area contributed by atoms with Gasteiger partial charge in [-0.25, -0.2) is 4.79 Å². The first-order chi connectivity index (χ1) is 17.1. The first kappa shape index (κ1) is 24.9. The van der Waals surface area contributed by atoms with Crippen LogP contribution < -0.4 is 20.7 Å². The van der Waals surface area contributed by atoms with Crippen molar-refractivity contribution in [3.8, 4) is 5.75 Å². The van der Waals surface area contributed by atoms with Crippen LogP contribution in [0.1, 0.15) is 44.2 Å². The molecule has 3 N–H and O–H groups in total. The van der Waals surface area contributed by atoms with Crippen LogP contribution in [0, 0.1) is 0 Å². The van der Waals surface area contributed by atoms with Gasteiger partial charge < -0.3 is 15.4 Å². The highest BCUT2D eigenvalue weighted by molar-refractivity contribution is 6.10. The molecule has 4 rings (SSSR count). The van der Waals surface area contributed by atoms with Crippen molar-refractivity contribution < 1.29 is 28.7 Å². The van der Waals surface area contributed by atoms with Crippen LogP contribution in [-0.2, 0) is 30.1 Å². The monoisotopic (exact) mass is 492 g/mol. The third kappa shape index (κ3) is 4.30. The van der Waals surface area contributed by atoms with Gasteiger partial charge in [-0.2, -0.15) is 0 Å². The third-order valence-corrected chi connectivity index (χ3v) is 7.04. The SMILES string of the molecule is CCC1(c2ccc(NC(=O)CN3C(=O)NC(C)(c4ccc(OC)cc4)C3=O)cc2)CCC(=O)NC1=O. The first-order valence-electron chi connectivity index (χ1n) is 11.7. The van der Waals surface area contributed by atoms with Crippen LogP contribution in [0.4, 0.5) is 10.5 Å². The number of hydrogen-bond donors (Lipinski definition) is 3. The number of piperidine rings is 1. The van der Waals surface area contributed by atoms with E-state index < -0.39 is 35.3 Å². The van der Waals surface area contributed by atoms with Crippen molar-refractivity contribution in [1.29, 1.82) is 0 Å². The topological polar surface area (TPSA) is 134 Å². The van der Waals surface area contributed by atoms with Gasteiger partial charge in [-0.15, -0.1) is 0 Å².